The molecule has 0 aliphatic carbocycles. The lowest BCUT2D eigenvalue weighted by Gasteiger charge is -2.25. The average Bonchev–Trinajstić information content (AvgIpc) is 2.16. The van der Waals surface area contributed by atoms with E-state index in [1.807, 2.05) is 18.2 Å². The van der Waals surface area contributed by atoms with E-state index < -0.39 is 0 Å². The number of hydrogen-bond donors (Lipinski definition) is 1. The zero-order valence-electron chi connectivity index (χ0n) is 9.19. The van der Waals surface area contributed by atoms with Gasteiger partial charge >= 0.3 is 0 Å². The fraction of sp³-hybridized carbons (Fsp3) is 0.500. The van der Waals surface area contributed by atoms with Crippen LogP contribution >= 0.6 is 27.5 Å². The lowest BCUT2D eigenvalue weighted by atomic mass is 10.0. The van der Waals surface area contributed by atoms with Crippen LogP contribution in [0.1, 0.15) is 25.8 Å². The van der Waals surface area contributed by atoms with Crippen LogP contribution in [0.2, 0.25) is 5.02 Å². The molecule has 1 aromatic carbocycles. The van der Waals surface area contributed by atoms with Crippen molar-refractivity contribution in [3.05, 3.63) is 34.9 Å². The van der Waals surface area contributed by atoms with Crippen LogP contribution in [-0.4, -0.2) is 10.9 Å². The Hall–Kier alpha value is -0.0500. The molecule has 0 heterocycles. The highest BCUT2D eigenvalue weighted by Crippen LogP contribution is 2.17. The molecule has 0 aromatic heterocycles. The lowest BCUT2D eigenvalue weighted by Crippen LogP contribution is -2.39. The first-order valence-electron chi connectivity index (χ1n) is 5.09. The molecular formula is C12H17BrClN. The summed E-state index contributed by atoms with van der Waals surface area (Å²) in [4.78, 5) is 0. The molecule has 0 fully saturated rings. The first kappa shape index (κ1) is 13.0. The number of alkyl halides is 1. The Kier molecular flexibility index (Phi) is 5.10. The summed E-state index contributed by atoms with van der Waals surface area (Å²) in [6.45, 7) is 5.22. The number of halogens is 2. The van der Waals surface area contributed by atoms with Crippen molar-refractivity contribution in [3.8, 4) is 0 Å². The Morgan fingerprint density at radius 3 is 2.60 bits per heavy atom. The van der Waals surface area contributed by atoms with E-state index >= 15 is 0 Å². The first-order valence-corrected chi connectivity index (χ1v) is 6.59. The second-order valence-electron chi connectivity index (χ2n) is 4.27. The second-order valence-corrected chi connectivity index (χ2v) is 5.47. The summed E-state index contributed by atoms with van der Waals surface area (Å²) in [7, 11) is 0. The van der Waals surface area contributed by atoms with Crippen LogP contribution < -0.4 is 5.32 Å². The summed E-state index contributed by atoms with van der Waals surface area (Å²) in [6, 6.07) is 7.95. The van der Waals surface area contributed by atoms with Crippen molar-refractivity contribution in [1.29, 1.82) is 0 Å². The van der Waals surface area contributed by atoms with Crippen LogP contribution in [0.15, 0.2) is 24.3 Å². The van der Waals surface area contributed by atoms with Crippen molar-refractivity contribution in [1.82, 2.24) is 5.32 Å². The fourth-order valence-electron chi connectivity index (χ4n) is 1.30. The van der Waals surface area contributed by atoms with Gasteiger partial charge in [0.15, 0.2) is 0 Å². The maximum atomic E-state index is 6.08. The molecule has 0 amide bonds. The van der Waals surface area contributed by atoms with Gasteiger partial charge in [0.1, 0.15) is 0 Å². The molecule has 0 aliphatic rings. The van der Waals surface area contributed by atoms with Gasteiger partial charge in [-0.05, 0) is 31.9 Å². The molecule has 3 heteroatoms. The second kappa shape index (κ2) is 5.88. The zero-order chi connectivity index (χ0) is 11.3. The van der Waals surface area contributed by atoms with Crippen molar-refractivity contribution in [2.45, 2.75) is 32.4 Å². The van der Waals surface area contributed by atoms with Crippen molar-refractivity contribution in [3.63, 3.8) is 0 Å². The maximum Gasteiger partial charge on any atom is 0.0450 e. The number of hydrogen-bond acceptors (Lipinski definition) is 1. The Bertz CT molecular complexity index is 312. The van der Waals surface area contributed by atoms with Crippen molar-refractivity contribution in [2.24, 2.45) is 0 Å². The van der Waals surface area contributed by atoms with Gasteiger partial charge < -0.3 is 5.32 Å². The van der Waals surface area contributed by atoms with Crippen molar-refractivity contribution in [2.75, 3.05) is 5.33 Å². The molecule has 15 heavy (non-hydrogen) atoms. The van der Waals surface area contributed by atoms with Crippen molar-refractivity contribution >= 4 is 27.5 Å². The lowest BCUT2D eigenvalue weighted by molar-refractivity contribution is 0.378. The van der Waals surface area contributed by atoms with Gasteiger partial charge in [-0.2, -0.15) is 0 Å². The molecule has 1 N–H and O–H groups in total. The highest BCUT2D eigenvalue weighted by atomic mass is 79.9. The van der Waals surface area contributed by atoms with Gasteiger partial charge in [-0.1, -0.05) is 45.7 Å². The van der Waals surface area contributed by atoms with E-state index in [2.05, 4.69) is 41.2 Å². The summed E-state index contributed by atoms with van der Waals surface area (Å²) in [6.07, 6.45) is 1.09. The van der Waals surface area contributed by atoms with Crippen LogP contribution in [0.5, 0.6) is 0 Å². The van der Waals surface area contributed by atoms with E-state index in [1.165, 1.54) is 0 Å². The third-order valence-electron chi connectivity index (χ3n) is 2.43. The minimum absolute atomic E-state index is 0.142. The van der Waals surface area contributed by atoms with Crippen molar-refractivity contribution < 1.29 is 0 Å². The summed E-state index contributed by atoms with van der Waals surface area (Å²) in [5.74, 6) is 0. The number of benzene rings is 1. The van der Waals surface area contributed by atoms with Gasteiger partial charge in [-0.15, -0.1) is 0 Å². The molecule has 0 spiro atoms. The van der Waals surface area contributed by atoms with Gasteiger partial charge in [-0.3, -0.25) is 0 Å². The zero-order valence-corrected chi connectivity index (χ0v) is 11.5. The van der Waals surface area contributed by atoms with Gasteiger partial charge in [0, 0.05) is 22.4 Å². The van der Waals surface area contributed by atoms with Gasteiger partial charge in [0.2, 0.25) is 0 Å². The normalized spacial score (nSPS) is 11.7. The highest BCUT2D eigenvalue weighted by molar-refractivity contribution is 9.09. The minimum atomic E-state index is 0.142. The van der Waals surface area contributed by atoms with Gasteiger partial charge in [0.05, 0.1) is 0 Å². The SMILES string of the molecule is CC(C)(CCBr)NCc1ccccc1Cl. The molecule has 0 atom stereocenters. The predicted molar refractivity (Wildman–Crippen MR) is 70.8 cm³/mol. The predicted octanol–water partition coefficient (Wildman–Crippen LogP) is 3.99. The molecule has 84 valence electrons. The summed E-state index contributed by atoms with van der Waals surface area (Å²) in [5.41, 5.74) is 1.30. The quantitative estimate of drug-likeness (QED) is 0.809. The molecule has 0 radical (unpaired) electrons. The van der Waals surface area contributed by atoms with E-state index in [4.69, 9.17) is 11.6 Å². The minimum Gasteiger partial charge on any atom is -0.308 e. The molecule has 1 aromatic rings. The molecule has 0 bridgehead atoms. The molecule has 0 saturated heterocycles. The van der Waals surface area contributed by atoms with E-state index in [1.54, 1.807) is 0 Å². The Morgan fingerprint density at radius 2 is 2.00 bits per heavy atom. The molecule has 0 saturated carbocycles. The Morgan fingerprint density at radius 1 is 1.33 bits per heavy atom. The van der Waals surface area contributed by atoms with Gasteiger partial charge in [-0.25, -0.2) is 0 Å². The van der Waals surface area contributed by atoms with Crippen LogP contribution in [0, 0.1) is 0 Å². The highest BCUT2D eigenvalue weighted by Gasteiger charge is 2.15. The van der Waals surface area contributed by atoms with E-state index in [0.29, 0.717) is 0 Å². The average molecular weight is 291 g/mol. The standard InChI is InChI=1S/C12H17BrClN/c1-12(2,7-8-13)15-9-10-5-3-4-6-11(10)14/h3-6,15H,7-9H2,1-2H3. The Labute approximate surface area is 105 Å². The monoisotopic (exact) mass is 289 g/mol. The number of nitrogens with one attached hydrogen (secondary N) is 1. The topological polar surface area (TPSA) is 12.0 Å². The van der Waals surface area contributed by atoms with Crippen LogP contribution in [0.4, 0.5) is 0 Å². The Balaban J connectivity index is 2.53. The summed E-state index contributed by atoms with van der Waals surface area (Å²) >= 11 is 9.54. The van der Waals surface area contributed by atoms with E-state index in [-0.39, 0.29) is 5.54 Å². The third-order valence-corrected chi connectivity index (χ3v) is 3.20. The molecule has 1 nitrogen and oxygen atoms in total. The third kappa shape index (κ3) is 4.54. The van der Waals surface area contributed by atoms with Gasteiger partial charge in [0.25, 0.3) is 0 Å². The van der Waals surface area contributed by atoms with Crippen LogP contribution in [-0.2, 0) is 6.54 Å². The summed E-state index contributed by atoms with van der Waals surface area (Å²) in [5, 5.41) is 5.35. The maximum absolute atomic E-state index is 6.08. The van der Waals surface area contributed by atoms with Crippen LogP contribution in [0.3, 0.4) is 0 Å². The first-order chi connectivity index (χ1) is 7.05. The fourth-order valence-corrected chi connectivity index (χ4v) is 2.49. The smallest absolute Gasteiger partial charge is 0.0450 e. The molecule has 0 unspecified atom stereocenters. The molecular weight excluding hydrogens is 273 g/mol. The molecule has 0 aliphatic heterocycles. The number of rotatable bonds is 5. The van der Waals surface area contributed by atoms with E-state index in [0.717, 1.165) is 28.9 Å². The molecule has 1 rings (SSSR count). The van der Waals surface area contributed by atoms with Crippen LogP contribution in [0.25, 0.3) is 0 Å². The largest absolute Gasteiger partial charge is 0.308 e. The van der Waals surface area contributed by atoms with E-state index in [9.17, 15) is 0 Å². The summed E-state index contributed by atoms with van der Waals surface area (Å²) < 4.78 is 0.